The van der Waals surface area contributed by atoms with Crippen LogP contribution in [0.15, 0.2) is 18.2 Å². The Balaban J connectivity index is 2.95. The maximum atomic E-state index is 10.4. The molecule has 0 unspecified atom stereocenters. The summed E-state index contributed by atoms with van der Waals surface area (Å²) >= 11 is 0. The number of carbonyl (C=O) groups is 1. The molecule has 3 heteroatoms. The number of aryl methyl sites for hydroxylation is 1. The fourth-order valence-corrected chi connectivity index (χ4v) is 1.53. The van der Waals surface area contributed by atoms with Gasteiger partial charge in [-0.05, 0) is 25.0 Å². The molecule has 1 atom stereocenters. The number of benzene rings is 1. The maximum absolute atomic E-state index is 10.4. The van der Waals surface area contributed by atoms with Crippen LogP contribution in [0.4, 0.5) is 0 Å². The van der Waals surface area contributed by atoms with Gasteiger partial charge in [-0.25, -0.2) is 0 Å². The van der Waals surface area contributed by atoms with E-state index in [0.717, 1.165) is 16.7 Å². The molecule has 0 saturated heterocycles. The maximum Gasteiger partial charge on any atom is 0.116 e. The van der Waals surface area contributed by atoms with Gasteiger partial charge in [0.1, 0.15) is 6.04 Å². The zero-order valence-electron chi connectivity index (χ0n) is 8.54. The summed E-state index contributed by atoms with van der Waals surface area (Å²) in [6.45, 7) is 3.99. The first kappa shape index (κ1) is 10.7. The average molecular weight is 193 g/mol. The normalized spacial score (nSPS) is 12.5. The molecule has 0 bridgehead atoms. The van der Waals surface area contributed by atoms with Crippen LogP contribution in [0.1, 0.15) is 29.2 Å². The molecule has 0 radical (unpaired) electrons. The number of hydrogen-bond donors (Lipinski definition) is 1. The van der Waals surface area contributed by atoms with Crippen LogP contribution in [0.25, 0.3) is 0 Å². The van der Waals surface area contributed by atoms with E-state index in [1.54, 1.807) is 0 Å². The zero-order valence-corrected chi connectivity index (χ0v) is 8.54. The van der Waals surface area contributed by atoms with Crippen molar-refractivity contribution in [1.29, 1.82) is 0 Å². The summed E-state index contributed by atoms with van der Waals surface area (Å²) in [5.74, 6) is -1.05. The van der Waals surface area contributed by atoms with E-state index < -0.39 is 5.97 Å². The second-order valence-electron chi connectivity index (χ2n) is 3.56. The van der Waals surface area contributed by atoms with Crippen molar-refractivity contribution in [2.75, 3.05) is 0 Å². The molecule has 0 amide bonds. The minimum atomic E-state index is -1.05. The van der Waals surface area contributed by atoms with E-state index in [0.29, 0.717) is 0 Å². The molecule has 0 aliphatic rings. The SMILES string of the molecule is Cc1cccc([C@H]([NH3+])CC(=O)[O-])c1C. The first-order valence-corrected chi connectivity index (χ1v) is 4.61. The van der Waals surface area contributed by atoms with Crippen molar-refractivity contribution in [2.24, 2.45) is 0 Å². The van der Waals surface area contributed by atoms with E-state index in [1.165, 1.54) is 0 Å². The van der Waals surface area contributed by atoms with Crippen molar-refractivity contribution < 1.29 is 15.6 Å². The molecular weight excluding hydrogens is 178 g/mol. The topological polar surface area (TPSA) is 67.8 Å². The molecule has 3 N–H and O–H groups in total. The smallest absolute Gasteiger partial charge is 0.116 e. The van der Waals surface area contributed by atoms with Crippen molar-refractivity contribution in [3.8, 4) is 0 Å². The number of carboxylic acid groups (broad SMARTS) is 1. The van der Waals surface area contributed by atoms with Gasteiger partial charge >= 0.3 is 0 Å². The fraction of sp³-hybridized carbons (Fsp3) is 0.364. The Morgan fingerprint density at radius 2 is 2.14 bits per heavy atom. The van der Waals surface area contributed by atoms with Crippen LogP contribution in [0.5, 0.6) is 0 Å². The second-order valence-corrected chi connectivity index (χ2v) is 3.56. The molecule has 1 aromatic rings. The number of aliphatic carboxylic acids is 1. The Kier molecular flexibility index (Phi) is 3.25. The third kappa shape index (κ3) is 2.33. The molecule has 0 aliphatic heterocycles. The predicted octanol–water partition coefficient (Wildman–Crippen LogP) is -0.274. The quantitative estimate of drug-likeness (QED) is 0.717. The summed E-state index contributed by atoms with van der Waals surface area (Å²) in [7, 11) is 0. The fourth-order valence-electron chi connectivity index (χ4n) is 1.53. The molecule has 0 heterocycles. The van der Waals surface area contributed by atoms with Gasteiger partial charge < -0.3 is 15.6 Å². The van der Waals surface area contributed by atoms with Crippen LogP contribution < -0.4 is 10.8 Å². The van der Waals surface area contributed by atoms with Crippen molar-refractivity contribution in [3.63, 3.8) is 0 Å². The van der Waals surface area contributed by atoms with E-state index in [1.807, 2.05) is 32.0 Å². The van der Waals surface area contributed by atoms with Crippen LogP contribution >= 0.6 is 0 Å². The summed E-state index contributed by atoms with van der Waals surface area (Å²) < 4.78 is 0. The van der Waals surface area contributed by atoms with Gasteiger partial charge in [0.05, 0.1) is 0 Å². The third-order valence-electron chi connectivity index (χ3n) is 2.50. The highest BCUT2D eigenvalue weighted by Gasteiger charge is 2.13. The van der Waals surface area contributed by atoms with Crippen molar-refractivity contribution >= 4 is 5.97 Å². The lowest BCUT2D eigenvalue weighted by Gasteiger charge is -2.13. The number of quaternary nitrogens is 1. The van der Waals surface area contributed by atoms with Crippen LogP contribution in [0.3, 0.4) is 0 Å². The summed E-state index contributed by atoms with van der Waals surface area (Å²) in [5, 5.41) is 10.4. The number of carboxylic acids is 1. The monoisotopic (exact) mass is 193 g/mol. The molecule has 0 spiro atoms. The van der Waals surface area contributed by atoms with Crippen LogP contribution in [0.2, 0.25) is 0 Å². The molecule has 0 fully saturated rings. The van der Waals surface area contributed by atoms with E-state index in [2.05, 4.69) is 5.73 Å². The molecule has 76 valence electrons. The van der Waals surface area contributed by atoms with Crippen molar-refractivity contribution in [2.45, 2.75) is 26.3 Å². The highest BCUT2D eigenvalue weighted by atomic mass is 16.4. The number of carbonyl (C=O) groups excluding carboxylic acids is 1. The van der Waals surface area contributed by atoms with Gasteiger partial charge in [-0.1, -0.05) is 18.2 Å². The minimum absolute atomic E-state index is 0.0235. The Morgan fingerprint density at radius 3 is 2.71 bits per heavy atom. The Labute approximate surface area is 83.6 Å². The lowest BCUT2D eigenvalue weighted by atomic mass is 9.96. The highest BCUT2D eigenvalue weighted by molar-refractivity contribution is 5.65. The van der Waals surface area contributed by atoms with E-state index in [4.69, 9.17) is 0 Å². The predicted molar refractivity (Wildman–Crippen MR) is 51.2 cm³/mol. The molecule has 0 aliphatic carbocycles. The Bertz CT molecular complexity index is 347. The second kappa shape index (κ2) is 4.24. The Hall–Kier alpha value is -1.35. The van der Waals surface area contributed by atoms with E-state index in [9.17, 15) is 9.90 Å². The Morgan fingerprint density at radius 1 is 1.50 bits per heavy atom. The minimum Gasteiger partial charge on any atom is -0.550 e. The number of hydrogen-bond acceptors (Lipinski definition) is 2. The van der Waals surface area contributed by atoms with Gasteiger partial charge in [0.15, 0.2) is 0 Å². The third-order valence-corrected chi connectivity index (χ3v) is 2.50. The van der Waals surface area contributed by atoms with Gasteiger partial charge in [-0.3, -0.25) is 0 Å². The summed E-state index contributed by atoms with van der Waals surface area (Å²) in [6, 6.07) is 5.62. The van der Waals surface area contributed by atoms with Crippen LogP contribution in [-0.2, 0) is 4.79 Å². The first-order chi connectivity index (χ1) is 6.52. The van der Waals surface area contributed by atoms with Crippen LogP contribution in [0, 0.1) is 13.8 Å². The molecule has 0 saturated carbocycles. The van der Waals surface area contributed by atoms with E-state index in [-0.39, 0.29) is 12.5 Å². The van der Waals surface area contributed by atoms with Gasteiger partial charge in [0.25, 0.3) is 0 Å². The van der Waals surface area contributed by atoms with Crippen molar-refractivity contribution in [1.82, 2.24) is 0 Å². The van der Waals surface area contributed by atoms with E-state index >= 15 is 0 Å². The summed E-state index contributed by atoms with van der Waals surface area (Å²) in [4.78, 5) is 10.4. The van der Waals surface area contributed by atoms with Crippen LogP contribution in [-0.4, -0.2) is 5.97 Å². The molecule has 3 nitrogen and oxygen atoms in total. The summed E-state index contributed by atoms with van der Waals surface area (Å²) in [5.41, 5.74) is 7.10. The molecule has 0 aromatic heterocycles. The molecular formula is C11H15NO2. The van der Waals surface area contributed by atoms with Gasteiger partial charge in [-0.15, -0.1) is 0 Å². The van der Waals surface area contributed by atoms with Gasteiger partial charge in [0, 0.05) is 18.0 Å². The molecule has 1 aromatic carbocycles. The van der Waals surface area contributed by atoms with Gasteiger partial charge in [-0.2, -0.15) is 0 Å². The van der Waals surface area contributed by atoms with Crippen molar-refractivity contribution in [3.05, 3.63) is 34.9 Å². The average Bonchev–Trinajstić information content (AvgIpc) is 2.08. The number of rotatable bonds is 3. The first-order valence-electron chi connectivity index (χ1n) is 4.61. The molecule has 14 heavy (non-hydrogen) atoms. The lowest BCUT2D eigenvalue weighted by Crippen LogP contribution is -2.55. The highest BCUT2D eigenvalue weighted by Crippen LogP contribution is 2.19. The zero-order chi connectivity index (χ0) is 10.7. The van der Waals surface area contributed by atoms with Gasteiger partial charge in [0.2, 0.25) is 0 Å². The molecule has 1 rings (SSSR count). The largest absolute Gasteiger partial charge is 0.550 e. The standard InChI is InChI=1S/C11H15NO2/c1-7-4-3-5-9(8(7)2)10(12)6-11(13)14/h3-5,10H,6,12H2,1-2H3,(H,13,14)/t10-/m1/s1. The lowest BCUT2D eigenvalue weighted by molar-refractivity contribution is -0.430. The summed E-state index contributed by atoms with van der Waals surface area (Å²) in [6.07, 6.45) is -0.0235.